The third kappa shape index (κ3) is 5.73. The van der Waals surface area contributed by atoms with Crippen LogP contribution in [0.1, 0.15) is 23.2 Å². The molecule has 0 aliphatic carbocycles. The zero-order valence-corrected chi connectivity index (χ0v) is 16.6. The highest BCUT2D eigenvalue weighted by Crippen LogP contribution is 2.22. The normalized spacial score (nSPS) is 11.2. The van der Waals surface area contributed by atoms with Crippen molar-refractivity contribution in [3.8, 4) is 5.75 Å². The van der Waals surface area contributed by atoms with Crippen LogP contribution in [0.15, 0.2) is 36.7 Å². The fourth-order valence-corrected chi connectivity index (χ4v) is 3.03. The van der Waals surface area contributed by atoms with Crippen molar-refractivity contribution >= 4 is 16.8 Å². The second-order valence-electron chi connectivity index (χ2n) is 6.92. The monoisotopic (exact) mass is 418 g/mol. The minimum absolute atomic E-state index is 0.0226. The zero-order valence-electron chi connectivity index (χ0n) is 16.6. The number of aryl methyl sites for hydroxylation is 1. The van der Waals surface area contributed by atoms with Crippen LogP contribution in [0.5, 0.6) is 5.75 Å². The molecule has 1 aromatic carbocycles. The van der Waals surface area contributed by atoms with Gasteiger partial charge in [0.15, 0.2) is 0 Å². The number of aliphatic hydroxyl groups is 1. The van der Waals surface area contributed by atoms with E-state index in [1.54, 1.807) is 29.9 Å². The van der Waals surface area contributed by atoms with Gasteiger partial charge in [0.25, 0.3) is 6.43 Å². The van der Waals surface area contributed by atoms with Gasteiger partial charge in [-0.15, -0.1) is 0 Å². The van der Waals surface area contributed by atoms with Gasteiger partial charge in [-0.2, -0.15) is 5.10 Å². The molecule has 1 amide bonds. The van der Waals surface area contributed by atoms with Gasteiger partial charge in [0, 0.05) is 30.9 Å². The van der Waals surface area contributed by atoms with Crippen molar-refractivity contribution in [2.24, 2.45) is 0 Å². The number of rotatable bonds is 10. The third-order valence-corrected chi connectivity index (χ3v) is 4.51. The number of pyridine rings is 1. The molecule has 3 rings (SSSR count). The van der Waals surface area contributed by atoms with E-state index in [4.69, 9.17) is 9.84 Å². The van der Waals surface area contributed by atoms with Gasteiger partial charge in [-0.05, 0) is 36.6 Å². The van der Waals surface area contributed by atoms with E-state index in [0.29, 0.717) is 36.5 Å². The van der Waals surface area contributed by atoms with Crippen LogP contribution < -0.4 is 10.1 Å². The van der Waals surface area contributed by atoms with E-state index in [-0.39, 0.29) is 18.9 Å². The highest BCUT2D eigenvalue weighted by atomic mass is 19.3. The standard InChI is InChI=1S/C21H24F2N4O3/c1-14-3-4-15(9-19(14)30-13-20(22)23)11-27-12-16-17(26-27)5-7-24-18(16)10-21(29)25-6-2-8-28/h3-5,7,9,12,20,28H,2,6,8,10-11,13H2,1H3,(H,25,29). The summed E-state index contributed by atoms with van der Waals surface area (Å²) in [6.07, 6.45) is 1.51. The SMILES string of the molecule is Cc1ccc(Cn2cc3c(CC(=O)NCCCO)nccc3n2)cc1OCC(F)F. The fraction of sp³-hybridized carbons (Fsp3) is 0.381. The highest BCUT2D eigenvalue weighted by molar-refractivity contribution is 5.86. The molecule has 0 unspecified atom stereocenters. The second-order valence-corrected chi connectivity index (χ2v) is 6.92. The number of aromatic nitrogens is 3. The Hall–Kier alpha value is -3.07. The molecule has 0 aliphatic rings. The number of hydrogen-bond donors (Lipinski definition) is 2. The lowest BCUT2D eigenvalue weighted by Gasteiger charge is -2.11. The van der Waals surface area contributed by atoms with E-state index in [9.17, 15) is 13.6 Å². The molecule has 30 heavy (non-hydrogen) atoms. The molecule has 3 aromatic rings. The first-order valence-corrected chi connectivity index (χ1v) is 9.65. The molecule has 2 heterocycles. The van der Waals surface area contributed by atoms with Gasteiger partial charge < -0.3 is 15.2 Å². The summed E-state index contributed by atoms with van der Waals surface area (Å²) in [5, 5.41) is 16.8. The lowest BCUT2D eigenvalue weighted by molar-refractivity contribution is -0.120. The molecule has 0 atom stereocenters. The maximum Gasteiger partial charge on any atom is 0.272 e. The van der Waals surface area contributed by atoms with E-state index in [1.807, 2.05) is 18.3 Å². The van der Waals surface area contributed by atoms with Crippen molar-refractivity contribution in [3.63, 3.8) is 0 Å². The van der Waals surface area contributed by atoms with E-state index in [0.717, 1.165) is 16.5 Å². The first-order chi connectivity index (χ1) is 14.5. The number of aliphatic hydroxyl groups excluding tert-OH is 1. The van der Waals surface area contributed by atoms with Gasteiger partial charge >= 0.3 is 0 Å². The number of halogens is 2. The first-order valence-electron chi connectivity index (χ1n) is 9.65. The van der Waals surface area contributed by atoms with Crippen LogP contribution in [0.25, 0.3) is 10.9 Å². The number of alkyl halides is 2. The summed E-state index contributed by atoms with van der Waals surface area (Å²) < 4.78 is 31.8. The minimum Gasteiger partial charge on any atom is -0.487 e. The van der Waals surface area contributed by atoms with Crippen molar-refractivity contribution < 1.29 is 23.4 Å². The van der Waals surface area contributed by atoms with Gasteiger partial charge in [-0.25, -0.2) is 8.78 Å². The number of nitrogens with zero attached hydrogens (tertiary/aromatic N) is 3. The summed E-state index contributed by atoms with van der Waals surface area (Å²) in [5.74, 6) is 0.252. The van der Waals surface area contributed by atoms with Gasteiger partial charge in [0.05, 0.1) is 24.2 Å². The number of hydrogen-bond acceptors (Lipinski definition) is 5. The van der Waals surface area contributed by atoms with E-state index in [1.165, 1.54) is 0 Å². The van der Waals surface area contributed by atoms with Crippen LogP contribution in [-0.2, 0) is 17.8 Å². The predicted molar refractivity (Wildman–Crippen MR) is 108 cm³/mol. The molecule has 0 aliphatic heterocycles. The maximum atomic E-state index is 12.4. The fourth-order valence-electron chi connectivity index (χ4n) is 3.03. The Morgan fingerprint density at radius 1 is 1.33 bits per heavy atom. The smallest absolute Gasteiger partial charge is 0.272 e. The van der Waals surface area contributed by atoms with Crippen molar-refractivity contribution in [2.75, 3.05) is 19.8 Å². The molecule has 0 radical (unpaired) electrons. The number of ether oxygens (including phenoxy) is 1. The van der Waals surface area contributed by atoms with Crippen LogP contribution in [0.2, 0.25) is 0 Å². The van der Waals surface area contributed by atoms with Crippen molar-refractivity contribution in [1.29, 1.82) is 0 Å². The third-order valence-electron chi connectivity index (χ3n) is 4.51. The van der Waals surface area contributed by atoms with Gasteiger partial charge in [-0.1, -0.05) is 12.1 Å². The molecule has 0 bridgehead atoms. The molecular formula is C21H24F2N4O3. The van der Waals surface area contributed by atoms with Crippen LogP contribution >= 0.6 is 0 Å². The average molecular weight is 418 g/mol. The van der Waals surface area contributed by atoms with E-state index in [2.05, 4.69) is 15.4 Å². The Kier molecular flexibility index (Phi) is 7.29. The molecule has 0 saturated heterocycles. The minimum atomic E-state index is -2.53. The number of fused-ring (bicyclic) bond motifs is 1. The number of benzene rings is 1. The van der Waals surface area contributed by atoms with Crippen molar-refractivity contribution in [1.82, 2.24) is 20.1 Å². The summed E-state index contributed by atoms with van der Waals surface area (Å²) in [5.41, 5.74) is 2.97. The number of carbonyl (C=O) groups is 1. The molecule has 0 saturated carbocycles. The molecule has 0 spiro atoms. The van der Waals surface area contributed by atoms with Crippen LogP contribution in [-0.4, -0.2) is 52.0 Å². The summed E-state index contributed by atoms with van der Waals surface area (Å²) in [6, 6.07) is 7.22. The number of nitrogens with one attached hydrogen (secondary N) is 1. The van der Waals surface area contributed by atoms with Crippen LogP contribution in [0.4, 0.5) is 8.78 Å². The summed E-state index contributed by atoms with van der Waals surface area (Å²) in [7, 11) is 0. The largest absolute Gasteiger partial charge is 0.487 e. The van der Waals surface area contributed by atoms with Crippen molar-refractivity contribution in [3.05, 3.63) is 53.5 Å². The number of carbonyl (C=O) groups excluding carboxylic acids is 1. The van der Waals surface area contributed by atoms with E-state index < -0.39 is 13.0 Å². The van der Waals surface area contributed by atoms with Crippen LogP contribution in [0, 0.1) is 6.92 Å². The van der Waals surface area contributed by atoms with Gasteiger partial charge in [0.2, 0.25) is 5.91 Å². The Balaban J connectivity index is 1.75. The molecular weight excluding hydrogens is 394 g/mol. The Morgan fingerprint density at radius 2 is 2.17 bits per heavy atom. The molecule has 2 N–H and O–H groups in total. The molecule has 0 fully saturated rings. The zero-order chi connectivity index (χ0) is 21.5. The second kappa shape index (κ2) is 10.1. The maximum absolute atomic E-state index is 12.4. The first kappa shape index (κ1) is 21.6. The molecule has 7 nitrogen and oxygen atoms in total. The summed E-state index contributed by atoms with van der Waals surface area (Å²) in [6.45, 7) is 2.01. The lowest BCUT2D eigenvalue weighted by Crippen LogP contribution is -2.26. The number of amides is 1. The summed E-state index contributed by atoms with van der Waals surface area (Å²) >= 11 is 0. The predicted octanol–water partition coefficient (Wildman–Crippen LogP) is 2.47. The lowest BCUT2D eigenvalue weighted by atomic mass is 10.1. The summed E-state index contributed by atoms with van der Waals surface area (Å²) in [4.78, 5) is 16.4. The van der Waals surface area contributed by atoms with E-state index >= 15 is 0 Å². The Bertz CT molecular complexity index is 1010. The van der Waals surface area contributed by atoms with Crippen molar-refractivity contribution in [2.45, 2.75) is 32.7 Å². The topological polar surface area (TPSA) is 89.3 Å². The Labute approximate surface area is 172 Å². The molecule has 2 aromatic heterocycles. The van der Waals surface area contributed by atoms with Crippen LogP contribution in [0.3, 0.4) is 0 Å². The van der Waals surface area contributed by atoms with Gasteiger partial charge in [0.1, 0.15) is 12.4 Å². The quantitative estimate of drug-likeness (QED) is 0.494. The van der Waals surface area contributed by atoms with Gasteiger partial charge in [-0.3, -0.25) is 14.5 Å². The molecule has 160 valence electrons. The molecule has 9 heteroatoms. The highest BCUT2D eigenvalue weighted by Gasteiger charge is 2.12. The Morgan fingerprint density at radius 3 is 2.93 bits per heavy atom. The average Bonchev–Trinajstić information content (AvgIpc) is 3.12.